The molecule has 0 radical (unpaired) electrons. The number of carbonyl (C=O) groups excluding carboxylic acids is 2. The second kappa shape index (κ2) is 9.16. The predicted molar refractivity (Wildman–Crippen MR) is 135 cm³/mol. The van der Waals surface area contributed by atoms with Crippen molar-refractivity contribution in [3.63, 3.8) is 0 Å². The number of amides is 2. The summed E-state index contributed by atoms with van der Waals surface area (Å²) in [7, 11) is 0. The molecule has 0 saturated carbocycles. The lowest BCUT2D eigenvalue weighted by Gasteiger charge is -2.07. The van der Waals surface area contributed by atoms with Gasteiger partial charge in [0.25, 0.3) is 5.91 Å². The topological polar surface area (TPSA) is 101 Å². The average molecular weight is 469 g/mol. The van der Waals surface area contributed by atoms with Crippen LogP contribution < -0.4 is 16.0 Å². The van der Waals surface area contributed by atoms with E-state index in [-0.39, 0.29) is 11.8 Å². The minimum Gasteiger partial charge on any atom is -0.332 e. The Labute approximate surface area is 199 Å². The Balaban J connectivity index is 1.27. The van der Waals surface area contributed by atoms with Crippen LogP contribution in [0.3, 0.4) is 0 Å². The number of imidazole rings is 1. The Morgan fingerprint density at radius 2 is 1.59 bits per heavy atom. The third-order valence-corrected chi connectivity index (χ3v) is 5.97. The van der Waals surface area contributed by atoms with Crippen molar-refractivity contribution in [1.82, 2.24) is 14.5 Å². The first kappa shape index (κ1) is 21.4. The van der Waals surface area contributed by atoms with Crippen molar-refractivity contribution in [3.05, 3.63) is 91.0 Å². The van der Waals surface area contributed by atoms with E-state index in [1.807, 2.05) is 47.2 Å². The fraction of sp³-hybridized carbons (Fsp3) is 0.0400. The first-order chi connectivity index (χ1) is 16.5. The molecule has 0 saturated heterocycles. The highest BCUT2D eigenvalue weighted by Crippen LogP contribution is 2.29. The summed E-state index contributed by atoms with van der Waals surface area (Å²) in [5.74, 6) is -0.359. The zero-order valence-electron chi connectivity index (χ0n) is 18.1. The van der Waals surface area contributed by atoms with E-state index in [1.165, 1.54) is 18.3 Å². The third kappa shape index (κ3) is 4.79. The van der Waals surface area contributed by atoms with Crippen LogP contribution in [0.1, 0.15) is 17.3 Å². The highest BCUT2D eigenvalue weighted by atomic mass is 32.1. The van der Waals surface area contributed by atoms with Gasteiger partial charge in [-0.05, 0) is 66.7 Å². The number of fused-ring (bicyclic) bond motifs is 1. The van der Waals surface area contributed by atoms with Gasteiger partial charge in [0.2, 0.25) is 5.91 Å². The molecule has 3 aromatic carbocycles. The van der Waals surface area contributed by atoms with Gasteiger partial charge in [-0.2, -0.15) is 0 Å². The Morgan fingerprint density at radius 3 is 2.26 bits per heavy atom. The van der Waals surface area contributed by atoms with Gasteiger partial charge in [0, 0.05) is 47.6 Å². The highest BCUT2D eigenvalue weighted by Gasteiger charge is 2.11. The number of hydrogen-bond donors (Lipinski definition) is 3. The maximum atomic E-state index is 12.7. The molecule has 5 rings (SSSR count). The molecule has 2 heterocycles. The molecule has 0 aliphatic rings. The van der Waals surface area contributed by atoms with E-state index in [4.69, 9.17) is 0 Å². The number of benzene rings is 3. The number of rotatable bonds is 6. The van der Waals surface area contributed by atoms with Crippen molar-refractivity contribution in [1.29, 1.82) is 0 Å². The summed E-state index contributed by atoms with van der Waals surface area (Å²) in [6.07, 6.45) is 5.39. The minimum absolute atomic E-state index is 0.144. The summed E-state index contributed by atoms with van der Waals surface area (Å²) in [5.41, 5.74) is 4.62. The molecule has 0 bridgehead atoms. The van der Waals surface area contributed by atoms with Crippen LogP contribution in [-0.2, 0) is 4.79 Å². The Morgan fingerprint density at radius 1 is 0.882 bits per heavy atom. The fourth-order valence-corrected chi connectivity index (χ4v) is 4.34. The quantitative estimate of drug-likeness (QED) is 0.308. The summed E-state index contributed by atoms with van der Waals surface area (Å²) in [4.78, 5) is 32.6. The molecule has 0 fully saturated rings. The number of carbonyl (C=O) groups is 2. The van der Waals surface area contributed by atoms with Crippen molar-refractivity contribution >= 4 is 55.6 Å². The van der Waals surface area contributed by atoms with Gasteiger partial charge in [0.1, 0.15) is 0 Å². The summed E-state index contributed by atoms with van der Waals surface area (Å²) in [6.45, 7) is 1.45. The maximum Gasteiger partial charge on any atom is 0.255 e. The molecular formula is C25H20N6O2S. The fourth-order valence-electron chi connectivity index (χ4n) is 3.41. The second-order valence-electron chi connectivity index (χ2n) is 7.56. The molecule has 0 atom stereocenters. The molecule has 0 aliphatic heterocycles. The SMILES string of the molecule is CC(=O)Nc1ccc(NC(=O)c2ccc3nc(Nc4ccc(-n5ccnc5)cc4)sc3c2)cc1. The largest absolute Gasteiger partial charge is 0.332 e. The molecule has 0 unspecified atom stereocenters. The van der Waals surface area contributed by atoms with Crippen LogP contribution in [0.25, 0.3) is 15.9 Å². The lowest BCUT2D eigenvalue weighted by molar-refractivity contribution is -0.114. The van der Waals surface area contributed by atoms with Gasteiger partial charge >= 0.3 is 0 Å². The summed E-state index contributed by atoms with van der Waals surface area (Å²) < 4.78 is 2.84. The van der Waals surface area contributed by atoms with Crippen LogP contribution in [0.4, 0.5) is 22.2 Å². The number of anilines is 4. The van der Waals surface area contributed by atoms with E-state index >= 15 is 0 Å². The molecule has 5 aromatic rings. The van der Waals surface area contributed by atoms with Gasteiger partial charge in [-0.15, -0.1) is 0 Å². The molecule has 0 spiro atoms. The van der Waals surface area contributed by atoms with Crippen molar-refractivity contribution in [2.45, 2.75) is 6.92 Å². The monoisotopic (exact) mass is 468 g/mol. The van der Waals surface area contributed by atoms with Crippen molar-refractivity contribution in [3.8, 4) is 5.69 Å². The van der Waals surface area contributed by atoms with Gasteiger partial charge in [-0.3, -0.25) is 9.59 Å². The lowest BCUT2D eigenvalue weighted by Crippen LogP contribution is -2.12. The smallest absolute Gasteiger partial charge is 0.255 e. The van der Waals surface area contributed by atoms with E-state index < -0.39 is 0 Å². The van der Waals surface area contributed by atoms with Crippen LogP contribution in [0.2, 0.25) is 0 Å². The van der Waals surface area contributed by atoms with Crippen molar-refractivity contribution < 1.29 is 9.59 Å². The molecule has 2 amide bonds. The molecule has 0 aliphatic carbocycles. The maximum absolute atomic E-state index is 12.7. The number of aromatic nitrogens is 3. The molecule has 2 aromatic heterocycles. The normalized spacial score (nSPS) is 10.7. The van der Waals surface area contributed by atoms with Crippen LogP contribution in [-0.4, -0.2) is 26.3 Å². The molecule has 8 nitrogen and oxygen atoms in total. The van der Waals surface area contributed by atoms with Crippen molar-refractivity contribution in [2.75, 3.05) is 16.0 Å². The van der Waals surface area contributed by atoms with Crippen LogP contribution >= 0.6 is 11.3 Å². The predicted octanol–water partition coefficient (Wildman–Crippen LogP) is 5.44. The van der Waals surface area contributed by atoms with E-state index in [2.05, 4.69) is 25.9 Å². The second-order valence-corrected chi connectivity index (χ2v) is 8.59. The molecule has 34 heavy (non-hydrogen) atoms. The Bertz CT molecular complexity index is 1460. The van der Waals surface area contributed by atoms with Gasteiger partial charge in [0.05, 0.1) is 16.5 Å². The molecule has 9 heteroatoms. The summed E-state index contributed by atoms with van der Waals surface area (Å²) in [5, 5.41) is 9.65. The zero-order chi connectivity index (χ0) is 23.5. The van der Waals surface area contributed by atoms with Crippen LogP contribution in [0.5, 0.6) is 0 Å². The van der Waals surface area contributed by atoms with Gasteiger partial charge in [-0.25, -0.2) is 9.97 Å². The van der Waals surface area contributed by atoms with Crippen molar-refractivity contribution in [2.24, 2.45) is 0 Å². The van der Waals surface area contributed by atoms with Gasteiger partial charge in [0.15, 0.2) is 5.13 Å². The first-order valence-corrected chi connectivity index (χ1v) is 11.3. The van der Waals surface area contributed by atoms with Crippen LogP contribution in [0.15, 0.2) is 85.5 Å². The lowest BCUT2D eigenvalue weighted by atomic mass is 10.2. The number of nitrogens with zero attached hydrogens (tertiary/aromatic N) is 3. The van der Waals surface area contributed by atoms with E-state index in [0.717, 1.165) is 26.7 Å². The van der Waals surface area contributed by atoms with E-state index in [1.54, 1.807) is 42.9 Å². The van der Waals surface area contributed by atoms with Crippen LogP contribution in [0, 0.1) is 0 Å². The third-order valence-electron chi connectivity index (χ3n) is 5.03. The summed E-state index contributed by atoms with van der Waals surface area (Å²) in [6, 6.07) is 20.4. The number of hydrogen-bond acceptors (Lipinski definition) is 6. The average Bonchev–Trinajstić information content (AvgIpc) is 3.50. The molecular weight excluding hydrogens is 448 g/mol. The van der Waals surface area contributed by atoms with E-state index in [0.29, 0.717) is 16.9 Å². The first-order valence-electron chi connectivity index (χ1n) is 10.5. The van der Waals surface area contributed by atoms with E-state index in [9.17, 15) is 9.59 Å². The van der Waals surface area contributed by atoms with Gasteiger partial charge < -0.3 is 20.5 Å². The Kier molecular flexibility index (Phi) is 5.75. The number of thiazole rings is 1. The van der Waals surface area contributed by atoms with Gasteiger partial charge in [-0.1, -0.05) is 11.3 Å². The molecule has 3 N–H and O–H groups in total. The zero-order valence-corrected chi connectivity index (χ0v) is 19.0. The number of nitrogens with one attached hydrogen (secondary N) is 3. The highest BCUT2D eigenvalue weighted by molar-refractivity contribution is 7.22. The molecule has 168 valence electrons. The summed E-state index contributed by atoms with van der Waals surface area (Å²) >= 11 is 1.48. The standard InChI is InChI=1S/C25H20N6O2S/c1-16(32)27-18-3-5-19(6-4-18)28-24(33)17-2-11-22-23(14-17)34-25(30-22)29-20-7-9-21(10-8-20)31-13-12-26-15-31/h2-15H,1H3,(H,27,32)(H,28,33)(H,29,30). The Hall–Kier alpha value is -4.50. The minimum atomic E-state index is -0.216.